The van der Waals surface area contributed by atoms with E-state index in [-0.39, 0.29) is 6.01 Å². The van der Waals surface area contributed by atoms with Gasteiger partial charge < -0.3 is 4.74 Å². The Balaban J connectivity index is 2.54. The first-order chi connectivity index (χ1) is 7.29. The van der Waals surface area contributed by atoms with Gasteiger partial charge in [-0.05, 0) is 12.1 Å². The quantitative estimate of drug-likeness (QED) is 0.757. The zero-order valence-electron chi connectivity index (χ0n) is 7.97. The predicted molar refractivity (Wildman–Crippen MR) is 52.4 cm³/mol. The highest BCUT2D eigenvalue weighted by Gasteiger charge is 2.05. The first-order valence-electron chi connectivity index (χ1n) is 4.23. The van der Waals surface area contributed by atoms with Crippen molar-refractivity contribution in [3.05, 3.63) is 34.9 Å². The van der Waals surface area contributed by atoms with Crippen LogP contribution in [0.15, 0.2) is 29.2 Å². The van der Waals surface area contributed by atoms with Gasteiger partial charge in [0, 0.05) is 6.20 Å². The van der Waals surface area contributed by atoms with E-state index in [1.165, 1.54) is 7.11 Å². The van der Waals surface area contributed by atoms with Gasteiger partial charge in [-0.2, -0.15) is 4.98 Å². The first-order valence-corrected chi connectivity index (χ1v) is 4.23. The van der Waals surface area contributed by atoms with Crippen LogP contribution in [0, 0.1) is 0 Å². The number of hydrogen-bond donors (Lipinski definition) is 1. The Morgan fingerprint density at radius 3 is 2.87 bits per heavy atom. The number of rotatable bonds is 2. The number of methoxy groups -OCH3 is 1. The molecule has 0 amide bonds. The minimum Gasteiger partial charge on any atom is -0.467 e. The normalized spacial score (nSPS) is 9.93. The summed E-state index contributed by atoms with van der Waals surface area (Å²) < 4.78 is 4.79. The molecule has 76 valence electrons. The molecule has 0 atom stereocenters. The summed E-state index contributed by atoms with van der Waals surface area (Å²) >= 11 is 0. The zero-order chi connectivity index (χ0) is 10.7. The molecular formula is C9H8N4O2. The SMILES string of the molecule is COc1nc(-c2ccccn2)[nH]c(=O)n1. The monoisotopic (exact) mass is 204 g/mol. The van der Waals surface area contributed by atoms with E-state index < -0.39 is 5.69 Å². The Bertz CT molecular complexity index is 509. The molecule has 0 bridgehead atoms. The minimum atomic E-state index is -0.512. The van der Waals surface area contributed by atoms with Gasteiger partial charge in [0.05, 0.1) is 7.11 Å². The van der Waals surface area contributed by atoms with Crippen LogP contribution in [0.4, 0.5) is 0 Å². The molecule has 0 aliphatic heterocycles. The van der Waals surface area contributed by atoms with Crippen molar-refractivity contribution in [2.24, 2.45) is 0 Å². The summed E-state index contributed by atoms with van der Waals surface area (Å²) in [5, 5.41) is 0. The fraction of sp³-hybridized carbons (Fsp3) is 0.111. The van der Waals surface area contributed by atoms with Crippen LogP contribution in [0.2, 0.25) is 0 Å². The fourth-order valence-electron chi connectivity index (χ4n) is 1.08. The molecular weight excluding hydrogens is 196 g/mol. The third kappa shape index (κ3) is 1.98. The summed E-state index contributed by atoms with van der Waals surface area (Å²) in [6.45, 7) is 0. The number of pyridine rings is 1. The van der Waals surface area contributed by atoms with E-state index in [1.54, 1.807) is 24.4 Å². The lowest BCUT2D eigenvalue weighted by Gasteiger charge is -2.00. The van der Waals surface area contributed by atoms with Crippen LogP contribution < -0.4 is 10.4 Å². The van der Waals surface area contributed by atoms with Crippen LogP contribution in [0.5, 0.6) is 6.01 Å². The number of H-pyrrole nitrogens is 1. The largest absolute Gasteiger partial charge is 0.467 e. The molecule has 0 aliphatic carbocycles. The van der Waals surface area contributed by atoms with E-state index in [0.717, 1.165) is 0 Å². The van der Waals surface area contributed by atoms with Crippen molar-refractivity contribution >= 4 is 0 Å². The summed E-state index contributed by atoms with van der Waals surface area (Å²) in [6, 6.07) is 5.34. The summed E-state index contributed by atoms with van der Waals surface area (Å²) in [7, 11) is 1.40. The number of aromatic nitrogens is 4. The first kappa shape index (κ1) is 9.32. The second-order valence-electron chi connectivity index (χ2n) is 2.70. The topological polar surface area (TPSA) is 80.8 Å². The van der Waals surface area contributed by atoms with Crippen molar-refractivity contribution < 1.29 is 4.74 Å². The Hall–Kier alpha value is -2.24. The van der Waals surface area contributed by atoms with Crippen LogP contribution in [-0.2, 0) is 0 Å². The second kappa shape index (κ2) is 3.87. The van der Waals surface area contributed by atoms with Crippen LogP contribution in [0.25, 0.3) is 11.5 Å². The third-order valence-electron chi connectivity index (χ3n) is 1.72. The molecule has 0 saturated heterocycles. The predicted octanol–water partition coefficient (Wildman–Crippen LogP) is 0.235. The van der Waals surface area contributed by atoms with Crippen LogP contribution in [0.3, 0.4) is 0 Å². The van der Waals surface area contributed by atoms with E-state index in [0.29, 0.717) is 11.5 Å². The third-order valence-corrected chi connectivity index (χ3v) is 1.72. The van der Waals surface area contributed by atoms with Gasteiger partial charge in [0.25, 0.3) is 0 Å². The van der Waals surface area contributed by atoms with Gasteiger partial charge in [0.2, 0.25) is 0 Å². The standard InChI is InChI=1S/C9H8N4O2/c1-15-9-12-7(11-8(14)13-9)6-4-2-3-5-10-6/h2-5H,1H3,(H,11,12,13,14). The number of nitrogens with one attached hydrogen (secondary N) is 1. The Kier molecular flexibility index (Phi) is 2.40. The average Bonchev–Trinajstić information content (AvgIpc) is 2.29. The number of hydrogen-bond acceptors (Lipinski definition) is 5. The molecule has 0 unspecified atom stereocenters. The molecule has 0 aliphatic rings. The van der Waals surface area contributed by atoms with E-state index >= 15 is 0 Å². The summed E-state index contributed by atoms with van der Waals surface area (Å²) in [6.07, 6.45) is 1.61. The number of ether oxygens (including phenoxy) is 1. The highest BCUT2D eigenvalue weighted by Crippen LogP contribution is 2.09. The molecule has 0 radical (unpaired) electrons. The molecule has 2 aromatic rings. The molecule has 0 spiro atoms. The Labute approximate surface area is 85.0 Å². The molecule has 2 aromatic heterocycles. The molecule has 6 heteroatoms. The average molecular weight is 204 g/mol. The minimum absolute atomic E-state index is 0.0272. The van der Waals surface area contributed by atoms with E-state index in [4.69, 9.17) is 4.74 Å². The maximum atomic E-state index is 11.1. The molecule has 15 heavy (non-hydrogen) atoms. The molecule has 0 aromatic carbocycles. The molecule has 0 fully saturated rings. The van der Waals surface area contributed by atoms with E-state index in [2.05, 4.69) is 19.9 Å². The molecule has 0 saturated carbocycles. The van der Waals surface area contributed by atoms with Crippen molar-refractivity contribution in [1.29, 1.82) is 0 Å². The van der Waals surface area contributed by atoms with Crippen molar-refractivity contribution in [3.63, 3.8) is 0 Å². The Morgan fingerprint density at radius 1 is 1.33 bits per heavy atom. The van der Waals surface area contributed by atoms with Gasteiger partial charge in [-0.25, -0.2) is 4.79 Å². The molecule has 2 rings (SSSR count). The van der Waals surface area contributed by atoms with Gasteiger partial charge in [0.1, 0.15) is 5.69 Å². The van der Waals surface area contributed by atoms with Crippen molar-refractivity contribution in [3.8, 4) is 17.5 Å². The van der Waals surface area contributed by atoms with Gasteiger partial charge in [-0.3, -0.25) is 9.97 Å². The smallest absolute Gasteiger partial charge is 0.351 e. The lowest BCUT2D eigenvalue weighted by molar-refractivity contribution is 0.377. The maximum absolute atomic E-state index is 11.1. The van der Waals surface area contributed by atoms with Crippen molar-refractivity contribution in [2.75, 3.05) is 7.11 Å². The summed E-state index contributed by atoms with van der Waals surface area (Å²) in [4.78, 5) is 25.1. The van der Waals surface area contributed by atoms with Crippen LogP contribution >= 0.6 is 0 Å². The maximum Gasteiger partial charge on any atom is 0.351 e. The van der Waals surface area contributed by atoms with Gasteiger partial charge in [-0.15, -0.1) is 4.98 Å². The number of nitrogens with zero attached hydrogens (tertiary/aromatic N) is 3. The van der Waals surface area contributed by atoms with Gasteiger partial charge in [-0.1, -0.05) is 6.07 Å². The van der Waals surface area contributed by atoms with Crippen molar-refractivity contribution in [2.45, 2.75) is 0 Å². The highest BCUT2D eigenvalue weighted by atomic mass is 16.5. The number of aromatic amines is 1. The molecule has 6 nitrogen and oxygen atoms in total. The lowest BCUT2D eigenvalue weighted by Crippen LogP contribution is -2.14. The van der Waals surface area contributed by atoms with Gasteiger partial charge >= 0.3 is 11.7 Å². The van der Waals surface area contributed by atoms with E-state index in [9.17, 15) is 4.79 Å². The molecule has 1 N–H and O–H groups in total. The highest BCUT2D eigenvalue weighted by molar-refractivity contribution is 5.47. The second-order valence-corrected chi connectivity index (χ2v) is 2.70. The Morgan fingerprint density at radius 2 is 2.20 bits per heavy atom. The van der Waals surface area contributed by atoms with Gasteiger partial charge in [0.15, 0.2) is 5.82 Å². The summed E-state index contributed by atoms with van der Waals surface area (Å²) in [5.74, 6) is 0.340. The van der Waals surface area contributed by atoms with Crippen LogP contribution in [0.1, 0.15) is 0 Å². The molecule has 2 heterocycles. The van der Waals surface area contributed by atoms with E-state index in [1.807, 2.05) is 0 Å². The van der Waals surface area contributed by atoms with Crippen molar-refractivity contribution in [1.82, 2.24) is 19.9 Å². The summed E-state index contributed by atoms with van der Waals surface area (Å²) in [5.41, 5.74) is 0.0535. The van der Waals surface area contributed by atoms with Crippen LogP contribution in [-0.4, -0.2) is 27.0 Å². The zero-order valence-corrected chi connectivity index (χ0v) is 7.97. The fourth-order valence-corrected chi connectivity index (χ4v) is 1.08. The lowest BCUT2D eigenvalue weighted by atomic mass is 10.3.